The largest absolute Gasteiger partial charge is 0.371 e. The molecule has 2 aliphatic heterocycles. The number of carbonyl (C=O) groups is 2. The number of rotatable bonds is 5. The Bertz CT molecular complexity index is 1100. The van der Waals surface area contributed by atoms with Gasteiger partial charge >= 0.3 is 0 Å². The second-order valence-corrected chi connectivity index (χ2v) is 10.2. The molecule has 2 heterocycles. The van der Waals surface area contributed by atoms with Gasteiger partial charge in [-0.1, -0.05) is 31.2 Å². The predicted molar refractivity (Wildman–Crippen MR) is 118 cm³/mol. The molecule has 2 amide bonds. The maximum Gasteiger partial charge on any atom is 0.269 e. The van der Waals surface area contributed by atoms with Crippen molar-refractivity contribution in [3.8, 4) is 0 Å². The number of hydrogen-bond donors (Lipinski definition) is 1. The van der Waals surface area contributed by atoms with Gasteiger partial charge in [-0.15, -0.1) is 0 Å². The van der Waals surface area contributed by atoms with E-state index in [4.69, 9.17) is 0 Å². The molecule has 0 bridgehead atoms. The smallest absolute Gasteiger partial charge is 0.269 e. The Morgan fingerprint density at radius 3 is 2.55 bits per heavy atom. The molecule has 0 aromatic heterocycles. The topological polar surface area (TPSA) is 86.8 Å². The summed E-state index contributed by atoms with van der Waals surface area (Å²) < 4.78 is 25.9. The van der Waals surface area contributed by atoms with Gasteiger partial charge in [0.1, 0.15) is 11.4 Å². The Morgan fingerprint density at radius 2 is 1.87 bits per heavy atom. The first-order chi connectivity index (χ1) is 14.8. The summed E-state index contributed by atoms with van der Waals surface area (Å²) in [4.78, 5) is 27.3. The van der Waals surface area contributed by atoms with Gasteiger partial charge in [-0.25, -0.2) is 12.7 Å². The molecule has 1 fully saturated rings. The Labute approximate surface area is 183 Å². The highest BCUT2D eigenvalue weighted by atomic mass is 32.2. The zero-order chi connectivity index (χ0) is 22.2. The number of anilines is 1. The highest BCUT2D eigenvalue weighted by Gasteiger charge is 2.41. The molecule has 2 aliphatic rings. The van der Waals surface area contributed by atoms with Crippen LogP contribution in [0.3, 0.4) is 0 Å². The molecule has 2 atom stereocenters. The van der Waals surface area contributed by atoms with Gasteiger partial charge in [0.2, 0.25) is 5.91 Å². The molecule has 164 valence electrons. The van der Waals surface area contributed by atoms with Crippen molar-refractivity contribution >= 4 is 27.5 Å². The molecule has 0 spiro atoms. The van der Waals surface area contributed by atoms with E-state index in [1.807, 2.05) is 19.1 Å². The van der Waals surface area contributed by atoms with Crippen LogP contribution in [0.15, 0.2) is 53.4 Å². The maximum atomic E-state index is 12.6. The van der Waals surface area contributed by atoms with E-state index in [-0.39, 0.29) is 16.5 Å². The summed E-state index contributed by atoms with van der Waals surface area (Å²) in [5, 5.41) is 2.80. The Hall–Kier alpha value is -2.87. The molecule has 7 nitrogen and oxygen atoms in total. The number of benzene rings is 2. The predicted octanol–water partition coefficient (Wildman–Crippen LogP) is 2.94. The summed E-state index contributed by atoms with van der Waals surface area (Å²) >= 11 is 0. The summed E-state index contributed by atoms with van der Waals surface area (Å²) in [5.41, 5.74) is 2.19. The standard InChI is InChI=1S/C23H27N3O4S/c1-16-6-5-13-25(14-16)19-11-9-18(10-12-19)17(2)24-22(27)15-26-23(28)20-7-3-4-8-21(20)31(26,29)30/h3-4,7-12,16-17H,5-6,13-15H2,1-2H3,(H,24,27). The zero-order valence-electron chi connectivity index (χ0n) is 17.7. The van der Waals surface area contributed by atoms with E-state index < -0.39 is 28.4 Å². The third-order valence-electron chi connectivity index (χ3n) is 5.99. The molecule has 4 rings (SSSR count). The Balaban J connectivity index is 1.40. The number of nitrogens with one attached hydrogen (secondary N) is 1. The molecule has 0 aliphatic carbocycles. The van der Waals surface area contributed by atoms with Crippen LogP contribution < -0.4 is 10.2 Å². The fraction of sp³-hybridized carbons (Fsp3) is 0.391. The van der Waals surface area contributed by atoms with Crippen molar-refractivity contribution in [3.05, 3.63) is 59.7 Å². The highest BCUT2D eigenvalue weighted by molar-refractivity contribution is 7.90. The quantitative estimate of drug-likeness (QED) is 0.771. The average molecular weight is 442 g/mol. The van der Waals surface area contributed by atoms with Crippen LogP contribution in [0.2, 0.25) is 0 Å². The van der Waals surface area contributed by atoms with Crippen LogP contribution in [0.4, 0.5) is 5.69 Å². The minimum atomic E-state index is -4.00. The van der Waals surface area contributed by atoms with Gasteiger partial charge in [-0.3, -0.25) is 9.59 Å². The van der Waals surface area contributed by atoms with Gasteiger partial charge in [0.05, 0.1) is 11.6 Å². The van der Waals surface area contributed by atoms with E-state index >= 15 is 0 Å². The lowest BCUT2D eigenvalue weighted by atomic mass is 9.99. The van der Waals surface area contributed by atoms with Gasteiger partial charge in [0, 0.05) is 18.8 Å². The first kappa shape index (κ1) is 21.4. The van der Waals surface area contributed by atoms with Gasteiger partial charge in [-0.05, 0) is 55.5 Å². The van der Waals surface area contributed by atoms with Crippen LogP contribution in [-0.2, 0) is 14.8 Å². The monoisotopic (exact) mass is 441 g/mol. The lowest BCUT2D eigenvalue weighted by Gasteiger charge is -2.33. The minimum absolute atomic E-state index is 0.0523. The maximum absolute atomic E-state index is 12.6. The molecular weight excluding hydrogens is 414 g/mol. The van der Waals surface area contributed by atoms with Gasteiger partial charge in [0.15, 0.2) is 0 Å². The lowest BCUT2D eigenvalue weighted by Crippen LogP contribution is -2.41. The van der Waals surface area contributed by atoms with E-state index in [2.05, 4.69) is 29.3 Å². The number of nitrogens with zero attached hydrogens (tertiary/aromatic N) is 2. The molecule has 1 saturated heterocycles. The van der Waals surface area contributed by atoms with E-state index in [0.29, 0.717) is 10.2 Å². The van der Waals surface area contributed by atoms with E-state index in [1.54, 1.807) is 12.1 Å². The lowest BCUT2D eigenvalue weighted by molar-refractivity contribution is -0.121. The highest BCUT2D eigenvalue weighted by Crippen LogP contribution is 2.30. The van der Waals surface area contributed by atoms with Crippen molar-refractivity contribution in [2.75, 3.05) is 24.5 Å². The molecule has 0 saturated carbocycles. The molecule has 0 radical (unpaired) electrons. The summed E-state index contributed by atoms with van der Waals surface area (Å²) in [6.45, 7) is 5.67. The minimum Gasteiger partial charge on any atom is -0.371 e. The van der Waals surface area contributed by atoms with Crippen LogP contribution in [0.25, 0.3) is 0 Å². The molecule has 2 aromatic carbocycles. The fourth-order valence-electron chi connectivity index (χ4n) is 4.29. The van der Waals surface area contributed by atoms with Crippen molar-refractivity contribution in [1.82, 2.24) is 9.62 Å². The van der Waals surface area contributed by atoms with Crippen molar-refractivity contribution in [1.29, 1.82) is 0 Å². The number of piperidine rings is 1. The van der Waals surface area contributed by atoms with E-state index in [0.717, 1.165) is 18.7 Å². The van der Waals surface area contributed by atoms with Crippen LogP contribution in [0.1, 0.15) is 48.7 Å². The van der Waals surface area contributed by atoms with Crippen molar-refractivity contribution in [2.24, 2.45) is 5.92 Å². The molecule has 8 heteroatoms. The van der Waals surface area contributed by atoms with Gasteiger partial charge < -0.3 is 10.2 Å². The van der Waals surface area contributed by atoms with Crippen LogP contribution >= 0.6 is 0 Å². The number of amides is 2. The summed E-state index contributed by atoms with van der Waals surface area (Å²) in [5.74, 6) is -0.507. The summed E-state index contributed by atoms with van der Waals surface area (Å²) in [6.07, 6.45) is 2.45. The van der Waals surface area contributed by atoms with Gasteiger partial charge in [0.25, 0.3) is 15.9 Å². The molecule has 1 N–H and O–H groups in total. The van der Waals surface area contributed by atoms with Crippen LogP contribution in [0, 0.1) is 5.92 Å². The van der Waals surface area contributed by atoms with Gasteiger partial charge in [-0.2, -0.15) is 0 Å². The second kappa shape index (κ2) is 8.34. The van der Waals surface area contributed by atoms with Crippen molar-refractivity contribution in [3.63, 3.8) is 0 Å². The Morgan fingerprint density at radius 1 is 1.16 bits per heavy atom. The SMILES string of the molecule is CC1CCCN(c2ccc(C(C)NC(=O)CN3C(=O)c4ccccc4S3(=O)=O)cc2)C1. The van der Waals surface area contributed by atoms with Crippen LogP contribution in [0.5, 0.6) is 0 Å². The number of fused-ring (bicyclic) bond motifs is 1. The summed E-state index contributed by atoms with van der Waals surface area (Å²) in [7, 11) is -4.00. The van der Waals surface area contributed by atoms with Crippen molar-refractivity contribution in [2.45, 2.75) is 37.6 Å². The van der Waals surface area contributed by atoms with Crippen LogP contribution in [-0.4, -0.2) is 44.2 Å². The first-order valence-corrected chi connectivity index (χ1v) is 12.0. The zero-order valence-corrected chi connectivity index (χ0v) is 18.6. The summed E-state index contributed by atoms with van der Waals surface area (Å²) in [6, 6.07) is 13.8. The number of carbonyl (C=O) groups excluding carboxylic acids is 2. The second-order valence-electron chi connectivity index (χ2n) is 8.39. The number of hydrogen-bond acceptors (Lipinski definition) is 5. The molecule has 31 heavy (non-hydrogen) atoms. The van der Waals surface area contributed by atoms with E-state index in [1.165, 1.54) is 30.7 Å². The molecule has 2 aromatic rings. The fourth-order valence-corrected chi connectivity index (χ4v) is 5.81. The Kier molecular flexibility index (Phi) is 5.75. The third-order valence-corrected chi connectivity index (χ3v) is 7.78. The normalized spacial score (nSPS) is 21.0. The van der Waals surface area contributed by atoms with E-state index in [9.17, 15) is 18.0 Å². The third kappa shape index (κ3) is 4.17. The number of sulfonamides is 1. The first-order valence-electron chi connectivity index (χ1n) is 10.6. The molecule has 2 unspecified atom stereocenters. The van der Waals surface area contributed by atoms with Crippen molar-refractivity contribution < 1.29 is 18.0 Å². The average Bonchev–Trinajstić information content (AvgIpc) is 2.95. The molecular formula is C23H27N3O4S.